The Morgan fingerprint density at radius 3 is 1.34 bits per heavy atom. The van der Waals surface area contributed by atoms with E-state index in [1.807, 2.05) is 0 Å². The molecule has 0 aromatic carbocycles. The van der Waals surface area contributed by atoms with Gasteiger partial charge in [-0.15, -0.1) is 0 Å². The van der Waals surface area contributed by atoms with Crippen LogP contribution in [0.5, 0.6) is 0 Å². The summed E-state index contributed by atoms with van der Waals surface area (Å²) in [5.74, 6) is -0.394. The molecule has 0 spiro atoms. The van der Waals surface area contributed by atoms with Gasteiger partial charge in [0.2, 0.25) is 0 Å². The van der Waals surface area contributed by atoms with Gasteiger partial charge in [0, 0.05) is 13.0 Å². The van der Waals surface area contributed by atoms with Crippen molar-refractivity contribution in [3.63, 3.8) is 0 Å². The summed E-state index contributed by atoms with van der Waals surface area (Å²) in [6, 6.07) is 0. The summed E-state index contributed by atoms with van der Waals surface area (Å²) >= 11 is 0. The van der Waals surface area contributed by atoms with Crippen LogP contribution in [0.25, 0.3) is 0 Å². The fraction of sp³-hybridized carbons (Fsp3) is 0.784. The number of ether oxygens (including phenoxy) is 2. The highest BCUT2D eigenvalue weighted by molar-refractivity contribution is 7.47. The van der Waals surface area contributed by atoms with Gasteiger partial charge in [0.15, 0.2) is 0 Å². The number of carbonyl (C=O) groups is 1. The molecule has 3 atom stereocenters. The first-order valence-electron chi connectivity index (χ1n) is 24.8. The van der Waals surface area contributed by atoms with Gasteiger partial charge in [0.25, 0.3) is 0 Å². The molecule has 3 unspecified atom stereocenters. The predicted octanol–water partition coefficient (Wildman–Crippen LogP) is 14.3. The van der Waals surface area contributed by atoms with Crippen molar-refractivity contribution in [2.24, 2.45) is 0 Å². The molecule has 3 N–H and O–H groups in total. The molecule has 0 aliphatic heterocycles. The molecule has 0 saturated carbocycles. The second-order valence-electron chi connectivity index (χ2n) is 16.5. The number of aliphatic hydroxyl groups excluding tert-OH is 2. The van der Waals surface area contributed by atoms with Crippen LogP contribution in [0.15, 0.2) is 60.8 Å². The van der Waals surface area contributed by atoms with Crippen LogP contribution in [-0.2, 0) is 27.9 Å². The van der Waals surface area contributed by atoms with Crippen LogP contribution in [0.1, 0.15) is 213 Å². The standard InChI is InChI=1S/C51H93O9P/c1-3-5-7-9-11-13-15-17-19-21-23-24-25-26-28-30-32-34-36-38-40-42-44-57-47-50(48-59-61(55,56)58-46-49(53)45-52)60-51(54)43-41-39-37-35-33-31-29-27-22-20-18-16-14-12-10-8-6-4-2/h14-17,20-23,25-26,49-50,52-53H,3-13,18-19,24,27-48H2,1-2H3,(H,55,56)/b16-14-,17-15-,22-20-,23-21-,26-25-. The lowest BCUT2D eigenvalue weighted by molar-refractivity contribution is -0.154. The van der Waals surface area contributed by atoms with Crippen molar-refractivity contribution in [3.8, 4) is 0 Å². The Balaban J connectivity index is 4.14. The van der Waals surface area contributed by atoms with Gasteiger partial charge in [0.05, 0.1) is 26.4 Å². The van der Waals surface area contributed by atoms with E-state index in [1.54, 1.807) is 0 Å². The van der Waals surface area contributed by atoms with Gasteiger partial charge in [-0.25, -0.2) is 4.57 Å². The van der Waals surface area contributed by atoms with Crippen molar-refractivity contribution in [1.29, 1.82) is 0 Å². The summed E-state index contributed by atoms with van der Waals surface area (Å²) in [6.07, 6.45) is 56.1. The Labute approximate surface area is 374 Å². The second-order valence-corrected chi connectivity index (χ2v) is 17.9. The number of allylic oxidation sites excluding steroid dienone is 10. The number of esters is 1. The van der Waals surface area contributed by atoms with Crippen LogP contribution in [0.4, 0.5) is 0 Å². The maximum absolute atomic E-state index is 12.7. The van der Waals surface area contributed by atoms with Gasteiger partial charge in [0.1, 0.15) is 12.2 Å². The highest BCUT2D eigenvalue weighted by Gasteiger charge is 2.26. The normalized spacial score (nSPS) is 14.4. The summed E-state index contributed by atoms with van der Waals surface area (Å²) in [7, 11) is -4.53. The third kappa shape index (κ3) is 47.5. The Kier molecular flexibility index (Phi) is 46.2. The average molecular weight is 881 g/mol. The van der Waals surface area contributed by atoms with E-state index in [1.165, 1.54) is 116 Å². The van der Waals surface area contributed by atoms with Gasteiger partial charge in [-0.1, -0.05) is 184 Å². The van der Waals surface area contributed by atoms with E-state index in [-0.39, 0.29) is 19.6 Å². The van der Waals surface area contributed by atoms with Gasteiger partial charge in [-0.05, 0) is 83.5 Å². The molecule has 0 heterocycles. The van der Waals surface area contributed by atoms with Gasteiger partial charge >= 0.3 is 13.8 Å². The van der Waals surface area contributed by atoms with Crippen LogP contribution < -0.4 is 0 Å². The monoisotopic (exact) mass is 881 g/mol. The second kappa shape index (κ2) is 47.6. The summed E-state index contributed by atoms with van der Waals surface area (Å²) in [5.41, 5.74) is 0. The van der Waals surface area contributed by atoms with Crippen molar-refractivity contribution in [2.75, 3.05) is 33.0 Å². The molecule has 0 aromatic rings. The van der Waals surface area contributed by atoms with Gasteiger partial charge in [-0.3, -0.25) is 13.8 Å². The molecular formula is C51H93O9P. The van der Waals surface area contributed by atoms with Crippen LogP contribution in [0, 0.1) is 0 Å². The minimum Gasteiger partial charge on any atom is -0.457 e. The smallest absolute Gasteiger partial charge is 0.457 e. The molecule has 10 heteroatoms. The van der Waals surface area contributed by atoms with E-state index in [2.05, 4.69) is 74.6 Å². The van der Waals surface area contributed by atoms with Crippen molar-refractivity contribution >= 4 is 13.8 Å². The quantitative estimate of drug-likeness (QED) is 0.0237. The lowest BCUT2D eigenvalue weighted by Crippen LogP contribution is -2.29. The molecule has 0 aliphatic carbocycles. The van der Waals surface area contributed by atoms with E-state index >= 15 is 0 Å². The predicted molar refractivity (Wildman–Crippen MR) is 256 cm³/mol. The number of hydrogen-bond acceptors (Lipinski definition) is 8. The zero-order valence-corrected chi connectivity index (χ0v) is 40.0. The van der Waals surface area contributed by atoms with E-state index in [4.69, 9.17) is 23.6 Å². The largest absolute Gasteiger partial charge is 0.472 e. The van der Waals surface area contributed by atoms with E-state index in [0.29, 0.717) is 13.0 Å². The fourth-order valence-electron chi connectivity index (χ4n) is 6.63. The summed E-state index contributed by atoms with van der Waals surface area (Å²) < 4.78 is 33.5. The van der Waals surface area contributed by atoms with Gasteiger partial charge < -0.3 is 24.6 Å². The summed E-state index contributed by atoms with van der Waals surface area (Å²) in [4.78, 5) is 22.7. The Morgan fingerprint density at radius 2 is 0.885 bits per heavy atom. The summed E-state index contributed by atoms with van der Waals surface area (Å²) in [5, 5.41) is 18.4. The van der Waals surface area contributed by atoms with Crippen LogP contribution in [0.3, 0.4) is 0 Å². The maximum atomic E-state index is 12.7. The van der Waals surface area contributed by atoms with Gasteiger partial charge in [-0.2, -0.15) is 0 Å². The number of phosphoric ester groups is 1. The number of aliphatic hydroxyl groups is 2. The first-order chi connectivity index (χ1) is 29.8. The number of rotatable bonds is 47. The molecule has 356 valence electrons. The molecule has 0 aromatic heterocycles. The third-order valence-corrected chi connectivity index (χ3v) is 11.4. The molecule has 0 bridgehead atoms. The maximum Gasteiger partial charge on any atom is 0.472 e. The first kappa shape index (κ1) is 59.2. The van der Waals surface area contributed by atoms with Crippen LogP contribution in [-0.4, -0.2) is 66.3 Å². The topological polar surface area (TPSA) is 132 Å². The third-order valence-electron chi connectivity index (χ3n) is 10.4. The van der Waals surface area contributed by atoms with E-state index in [9.17, 15) is 19.4 Å². The van der Waals surface area contributed by atoms with E-state index < -0.39 is 39.2 Å². The molecule has 0 fully saturated rings. The molecule has 61 heavy (non-hydrogen) atoms. The first-order valence-corrected chi connectivity index (χ1v) is 26.3. The lowest BCUT2D eigenvalue weighted by atomic mass is 10.1. The molecule has 0 amide bonds. The molecule has 0 radical (unpaired) electrons. The molecule has 0 saturated heterocycles. The lowest BCUT2D eigenvalue weighted by Gasteiger charge is -2.20. The Hall–Kier alpha value is -1.84. The summed E-state index contributed by atoms with van der Waals surface area (Å²) in [6.45, 7) is 3.47. The minimum atomic E-state index is -4.53. The van der Waals surface area contributed by atoms with Crippen molar-refractivity contribution in [2.45, 2.75) is 225 Å². The number of carbonyl (C=O) groups excluding carboxylic acids is 1. The minimum absolute atomic E-state index is 0.0373. The highest BCUT2D eigenvalue weighted by Crippen LogP contribution is 2.43. The Morgan fingerprint density at radius 1 is 0.508 bits per heavy atom. The van der Waals surface area contributed by atoms with Crippen molar-refractivity contribution in [3.05, 3.63) is 60.8 Å². The average Bonchev–Trinajstić information content (AvgIpc) is 3.25. The van der Waals surface area contributed by atoms with Crippen molar-refractivity contribution in [1.82, 2.24) is 0 Å². The number of hydrogen-bond donors (Lipinski definition) is 3. The molecule has 0 rings (SSSR count). The molecule has 0 aliphatic rings. The fourth-order valence-corrected chi connectivity index (χ4v) is 7.42. The number of unbranched alkanes of at least 4 members (excludes halogenated alkanes) is 23. The van der Waals surface area contributed by atoms with Crippen LogP contribution >= 0.6 is 7.82 Å². The number of phosphoric acid groups is 1. The van der Waals surface area contributed by atoms with Crippen LogP contribution in [0.2, 0.25) is 0 Å². The zero-order valence-electron chi connectivity index (χ0n) is 39.1. The molecule has 9 nitrogen and oxygen atoms in total. The Bertz CT molecular complexity index is 1140. The van der Waals surface area contributed by atoms with E-state index in [0.717, 1.165) is 70.6 Å². The molecular weight excluding hydrogens is 788 g/mol. The zero-order chi connectivity index (χ0) is 44.6. The van der Waals surface area contributed by atoms with Crippen molar-refractivity contribution < 1.29 is 43.0 Å². The highest BCUT2D eigenvalue weighted by atomic mass is 31.2. The SMILES string of the molecule is CCCCCC/C=C\C/C=C\CCCCCCCCCC(=O)OC(COCCCCCCCCC/C=C\C/C=C\C/C=C\CCCCCCC)COP(=O)(O)OCC(O)CO.